The van der Waals surface area contributed by atoms with Crippen LogP contribution in [0.2, 0.25) is 0 Å². The Morgan fingerprint density at radius 2 is 1.66 bits per heavy atom. The summed E-state index contributed by atoms with van der Waals surface area (Å²) in [5.74, 6) is 0.584. The number of carbonyl (C=O) groups excluding carboxylic acids is 3. The molecule has 3 amide bonds. The van der Waals surface area contributed by atoms with Gasteiger partial charge in [-0.05, 0) is 66.5 Å². The number of benzene rings is 3. The lowest BCUT2D eigenvalue weighted by Gasteiger charge is -2.28. The number of rotatable bonds is 12. The second-order valence-electron chi connectivity index (χ2n) is 10.3. The van der Waals surface area contributed by atoms with Crippen LogP contribution >= 0.6 is 11.8 Å². The number of thioether (sulfide) groups is 1. The second kappa shape index (κ2) is 12.7. The van der Waals surface area contributed by atoms with Crippen molar-refractivity contribution < 1.29 is 27.9 Å². The number of nitrogens with one attached hydrogen (secondary N) is 1. The third-order valence-electron chi connectivity index (χ3n) is 7.58. The first kappa shape index (κ1) is 29.2. The Kier molecular flexibility index (Phi) is 9.08. The van der Waals surface area contributed by atoms with Crippen molar-refractivity contribution in [3.8, 4) is 0 Å². The summed E-state index contributed by atoms with van der Waals surface area (Å²) in [7, 11) is -4.03. The van der Waals surface area contributed by atoms with E-state index < -0.39 is 28.6 Å². The first-order chi connectivity index (χ1) is 19.8. The van der Waals surface area contributed by atoms with Gasteiger partial charge < -0.3 is 10.0 Å². The SMILES string of the molecule is O=C1c2ccccc2C(=O)N1CCCCSC[C@@H]1CCCN1C(=O)[C@H](CO)NS(=O)(=O)c1ccc2ccccc2c1. The zero-order valence-corrected chi connectivity index (χ0v) is 24.2. The molecule has 1 fully saturated rings. The van der Waals surface area contributed by atoms with Crippen LogP contribution in [0.5, 0.6) is 0 Å². The highest BCUT2D eigenvalue weighted by molar-refractivity contribution is 7.99. The van der Waals surface area contributed by atoms with E-state index in [1.54, 1.807) is 53.1 Å². The molecule has 9 nitrogen and oxygen atoms in total. The molecule has 41 heavy (non-hydrogen) atoms. The van der Waals surface area contributed by atoms with Gasteiger partial charge in [0.1, 0.15) is 6.04 Å². The summed E-state index contributed by atoms with van der Waals surface area (Å²) >= 11 is 1.69. The normalized spacial score (nSPS) is 17.8. The van der Waals surface area contributed by atoms with Crippen molar-refractivity contribution in [1.82, 2.24) is 14.5 Å². The van der Waals surface area contributed by atoms with E-state index in [0.717, 1.165) is 35.8 Å². The first-order valence-electron chi connectivity index (χ1n) is 13.8. The zero-order valence-electron chi connectivity index (χ0n) is 22.6. The van der Waals surface area contributed by atoms with Gasteiger partial charge in [0, 0.05) is 24.9 Å². The monoisotopic (exact) mass is 595 g/mol. The molecule has 0 bridgehead atoms. The predicted octanol–water partition coefficient (Wildman–Crippen LogP) is 3.28. The van der Waals surface area contributed by atoms with Crippen molar-refractivity contribution in [2.45, 2.75) is 42.7 Å². The standard InChI is InChI=1S/C30H33N3O6S2/c34-19-27(31-41(38,39)24-14-13-21-8-1-2-9-22(21)18-24)30(37)32-16-7-10-23(32)20-40-17-6-5-15-33-28(35)25-11-3-4-12-26(25)29(33)36/h1-4,8-9,11-14,18,23,27,31,34H,5-7,10,15-17,19-20H2/t23-,27-/m0/s1. The number of hydrogen-bond donors (Lipinski definition) is 2. The molecule has 2 heterocycles. The fourth-order valence-corrected chi connectivity index (χ4v) is 7.80. The molecular formula is C30H33N3O6S2. The van der Waals surface area contributed by atoms with Crippen LogP contribution in [0.25, 0.3) is 10.8 Å². The Morgan fingerprint density at radius 3 is 2.37 bits per heavy atom. The molecule has 2 aliphatic heterocycles. The minimum atomic E-state index is -4.03. The van der Waals surface area contributed by atoms with Crippen LogP contribution in [0.3, 0.4) is 0 Å². The molecule has 2 atom stereocenters. The van der Waals surface area contributed by atoms with Crippen molar-refractivity contribution >= 4 is 50.3 Å². The molecular weight excluding hydrogens is 562 g/mol. The van der Waals surface area contributed by atoms with Crippen molar-refractivity contribution in [1.29, 1.82) is 0 Å². The van der Waals surface area contributed by atoms with Crippen molar-refractivity contribution in [2.24, 2.45) is 0 Å². The van der Waals surface area contributed by atoms with Crippen LogP contribution in [0.1, 0.15) is 46.4 Å². The van der Waals surface area contributed by atoms with E-state index in [1.165, 1.54) is 11.0 Å². The highest BCUT2D eigenvalue weighted by Crippen LogP contribution is 2.25. The summed E-state index contributed by atoms with van der Waals surface area (Å²) in [6, 6.07) is 17.7. The number of likely N-dealkylation sites (tertiary alicyclic amines) is 1. The maximum atomic E-state index is 13.3. The van der Waals surface area contributed by atoms with Crippen LogP contribution < -0.4 is 4.72 Å². The Labute approximate surface area is 243 Å². The minimum Gasteiger partial charge on any atom is -0.394 e. The lowest BCUT2D eigenvalue weighted by atomic mass is 10.1. The lowest BCUT2D eigenvalue weighted by molar-refractivity contribution is -0.134. The number of unbranched alkanes of at least 4 members (excludes halogenated alkanes) is 1. The van der Waals surface area contributed by atoms with E-state index in [4.69, 9.17) is 0 Å². The number of imide groups is 1. The number of hydrogen-bond acceptors (Lipinski definition) is 7. The molecule has 0 aliphatic carbocycles. The fourth-order valence-electron chi connectivity index (χ4n) is 5.39. The lowest BCUT2D eigenvalue weighted by Crippen LogP contribution is -2.52. The highest BCUT2D eigenvalue weighted by Gasteiger charge is 2.36. The Balaban J connectivity index is 1.10. The molecule has 216 valence electrons. The van der Waals surface area contributed by atoms with Crippen LogP contribution in [-0.2, 0) is 14.8 Å². The van der Waals surface area contributed by atoms with Gasteiger partial charge in [-0.3, -0.25) is 19.3 Å². The average molecular weight is 596 g/mol. The van der Waals surface area contributed by atoms with Crippen LogP contribution in [0, 0.1) is 0 Å². The average Bonchev–Trinajstić information content (AvgIpc) is 3.55. The van der Waals surface area contributed by atoms with Gasteiger partial charge in [-0.15, -0.1) is 0 Å². The quantitative estimate of drug-likeness (QED) is 0.243. The molecule has 0 saturated carbocycles. The second-order valence-corrected chi connectivity index (χ2v) is 13.1. The molecule has 0 unspecified atom stereocenters. The van der Waals surface area contributed by atoms with Gasteiger partial charge in [0.2, 0.25) is 15.9 Å². The van der Waals surface area contributed by atoms with E-state index in [-0.39, 0.29) is 22.8 Å². The van der Waals surface area contributed by atoms with Gasteiger partial charge >= 0.3 is 0 Å². The topological polar surface area (TPSA) is 124 Å². The number of aliphatic hydroxyl groups excluding tert-OH is 1. The van der Waals surface area contributed by atoms with Gasteiger partial charge in [-0.1, -0.05) is 42.5 Å². The van der Waals surface area contributed by atoms with Crippen LogP contribution in [-0.4, -0.2) is 84.3 Å². The fraction of sp³-hybridized carbons (Fsp3) is 0.367. The van der Waals surface area contributed by atoms with Crippen molar-refractivity contribution in [3.05, 3.63) is 77.9 Å². The van der Waals surface area contributed by atoms with Gasteiger partial charge in [0.05, 0.1) is 22.6 Å². The number of amides is 3. The van der Waals surface area contributed by atoms with E-state index in [2.05, 4.69) is 4.72 Å². The Bertz CT molecular complexity index is 1530. The first-order valence-corrected chi connectivity index (χ1v) is 16.4. The summed E-state index contributed by atoms with van der Waals surface area (Å²) in [6.07, 6.45) is 3.12. The summed E-state index contributed by atoms with van der Waals surface area (Å²) in [5, 5.41) is 11.6. The Morgan fingerprint density at radius 1 is 0.976 bits per heavy atom. The Hall–Kier alpha value is -3.25. The largest absolute Gasteiger partial charge is 0.394 e. The molecule has 11 heteroatoms. The van der Waals surface area contributed by atoms with E-state index >= 15 is 0 Å². The molecule has 5 rings (SSSR count). The number of fused-ring (bicyclic) bond motifs is 2. The molecule has 0 radical (unpaired) electrons. The molecule has 2 N–H and O–H groups in total. The molecule has 0 spiro atoms. The van der Waals surface area contributed by atoms with Gasteiger partial charge in [0.15, 0.2) is 0 Å². The molecule has 3 aromatic carbocycles. The maximum absolute atomic E-state index is 13.3. The van der Waals surface area contributed by atoms with Crippen LogP contribution in [0.4, 0.5) is 0 Å². The summed E-state index contributed by atoms with van der Waals surface area (Å²) in [5.41, 5.74) is 0.914. The molecule has 0 aromatic heterocycles. The van der Waals surface area contributed by atoms with Gasteiger partial charge in [-0.25, -0.2) is 8.42 Å². The highest BCUT2D eigenvalue weighted by atomic mass is 32.2. The van der Waals surface area contributed by atoms with E-state index in [1.807, 2.05) is 24.3 Å². The summed E-state index contributed by atoms with van der Waals surface area (Å²) < 4.78 is 28.6. The predicted molar refractivity (Wildman–Crippen MR) is 158 cm³/mol. The number of aliphatic hydroxyl groups is 1. The van der Waals surface area contributed by atoms with Gasteiger partial charge in [0.25, 0.3) is 11.8 Å². The number of sulfonamides is 1. The third kappa shape index (κ3) is 6.33. The third-order valence-corrected chi connectivity index (χ3v) is 10.2. The summed E-state index contributed by atoms with van der Waals surface area (Å²) in [4.78, 5) is 41.3. The zero-order chi connectivity index (χ0) is 29.0. The number of carbonyl (C=O) groups is 3. The van der Waals surface area contributed by atoms with E-state index in [0.29, 0.717) is 36.4 Å². The van der Waals surface area contributed by atoms with Crippen LogP contribution in [0.15, 0.2) is 71.6 Å². The van der Waals surface area contributed by atoms with Crippen molar-refractivity contribution in [3.63, 3.8) is 0 Å². The molecule has 2 aliphatic rings. The van der Waals surface area contributed by atoms with Crippen molar-refractivity contribution in [2.75, 3.05) is 31.2 Å². The van der Waals surface area contributed by atoms with Gasteiger partial charge in [-0.2, -0.15) is 16.5 Å². The maximum Gasteiger partial charge on any atom is 0.261 e. The minimum absolute atomic E-state index is 0.0391. The molecule has 3 aromatic rings. The molecule has 1 saturated heterocycles. The number of nitrogens with zero attached hydrogens (tertiary/aromatic N) is 2. The smallest absolute Gasteiger partial charge is 0.261 e. The van der Waals surface area contributed by atoms with E-state index in [9.17, 15) is 27.9 Å². The summed E-state index contributed by atoms with van der Waals surface area (Å²) in [6.45, 7) is 0.244.